The number of aliphatic hydroxyl groups is 1. The summed E-state index contributed by atoms with van der Waals surface area (Å²) in [7, 11) is 0. The lowest BCUT2D eigenvalue weighted by molar-refractivity contribution is -0.0678. The van der Waals surface area contributed by atoms with Crippen LogP contribution in [0, 0.1) is 13.8 Å². The highest BCUT2D eigenvalue weighted by atomic mass is 32.1. The van der Waals surface area contributed by atoms with Crippen LogP contribution >= 0.6 is 11.3 Å². The molecule has 150 valence electrons. The Hall–Kier alpha value is -1.50. The standard InChI is InChI=1S/C22H29N3O2S/c1-14-9-17(15(2)28-14)12-24-18-5-6-19(24)11-22(27,10-18)13-25-21(26)8-7-20(23-25)16-3-4-16/h7-9,16,18-19,27H,3-6,10-13H2,1-2H3/t18-,19+,22?. The van der Waals surface area contributed by atoms with Crippen molar-refractivity contribution >= 4 is 11.3 Å². The van der Waals surface area contributed by atoms with Crippen LogP contribution in [0.2, 0.25) is 0 Å². The van der Waals surface area contributed by atoms with Crippen LogP contribution in [0.15, 0.2) is 23.0 Å². The molecule has 1 unspecified atom stereocenters. The van der Waals surface area contributed by atoms with Crippen molar-refractivity contribution in [3.05, 3.63) is 49.6 Å². The Balaban J connectivity index is 1.33. The second kappa shape index (κ2) is 6.78. The summed E-state index contributed by atoms with van der Waals surface area (Å²) in [5.74, 6) is 0.511. The van der Waals surface area contributed by atoms with Crippen molar-refractivity contribution in [2.75, 3.05) is 0 Å². The third-order valence-electron chi connectivity index (χ3n) is 6.83. The minimum atomic E-state index is -0.832. The molecule has 0 aromatic carbocycles. The van der Waals surface area contributed by atoms with Gasteiger partial charge in [-0.05, 0) is 70.1 Å². The third kappa shape index (κ3) is 3.46. The fourth-order valence-electron chi connectivity index (χ4n) is 5.29. The summed E-state index contributed by atoms with van der Waals surface area (Å²) in [5.41, 5.74) is 1.50. The van der Waals surface area contributed by atoms with Crippen LogP contribution in [0.4, 0.5) is 0 Å². The highest BCUT2D eigenvalue weighted by Crippen LogP contribution is 2.43. The van der Waals surface area contributed by atoms with Gasteiger partial charge in [0.2, 0.25) is 0 Å². The number of nitrogens with zero attached hydrogens (tertiary/aromatic N) is 3. The molecule has 0 amide bonds. The first kappa shape index (κ1) is 18.5. The number of hydrogen-bond donors (Lipinski definition) is 1. The molecular weight excluding hydrogens is 370 g/mol. The zero-order valence-corrected chi connectivity index (χ0v) is 17.5. The van der Waals surface area contributed by atoms with Gasteiger partial charge in [0.25, 0.3) is 5.56 Å². The maximum absolute atomic E-state index is 12.3. The molecule has 0 spiro atoms. The topological polar surface area (TPSA) is 58.4 Å². The number of hydrogen-bond acceptors (Lipinski definition) is 5. The predicted molar refractivity (Wildman–Crippen MR) is 111 cm³/mol. The molecule has 2 aromatic heterocycles. The van der Waals surface area contributed by atoms with E-state index in [2.05, 4.69) is 29.9 Å². The van der Waals surface area contributed by atoms with Gasteiger partial charge in [0.15, 0.2) is 0 Å². The van der Waals surface area contributed by atoms with Crippen molar-refractivity contribution in [2.45, 2.75) is 89.1 Å². The quantitative estimate of drug-likeness (QED) is 0.838. The molecule has 3 fully saturated rings. The van der Waals surface area contributed by atoms with Gasteiger partial charge in [-0.25, -0.2) is 4.68 Å². The van der Waals surface area contributed by atoms with Gasteiger partial charge in [0, 0.05) is 40.4 Å². The summed E-state index contributed by atoms with van der Waals surface area (Å²) < 4.78 is 1.52. The summed E-state index contributed by atoms with van der Waals surface area (Å²) in [6.45, 7) is 5.69. The second-order valence-corrected chi connectivity index (χ2v) is 10.6. The summed E-state index contributed by atoms with van der Waals surface area (Å²) in [5, 5.41) is 16.0. The number of thiophene rings is 1. The number of aryl methyl sites for hydroxylation is 2. The Kier molecular flexibility index (Phi) is 4.49. The molecule has 4 heterocycles. The van der Waals surface area contributed by atoms with Crippen LogP contribution in [0.5, 0.6) is 0 Å². The summed E-state index contributed by atoms with van der Waals surface area (Å²) in [4.78, 5) is 17.7. The van der Waals surface area contributed by atoms with Crippen molar-refractivity contribution in [3.63, 3.8) is 0 Å². The van der Waals surface area contributed by atoms with E-state index < -0.39 is 5.60 Å². The van der Waals surface area contributed by atoms with Crippen molar-refractivity contribution in [1.29, 1.82) is 0 Å². The average molecular weight is 400 g/mol. The van der Waals surface area contributed by atoms with Gasteiger partial charge in [-0.2, -0.15) is 5.10 Å². The van der Waals surface area contributed by atoms with Crippen molar-refractivity contribution in [3.8, 4) is 0 Å². The monoisotopic (exact) mass is 399 g/mol. The fourth-order valence-corrected chi connectivity index (χ4v) is 6.23. The zero-order valence-electron chi connectivity index (χ0n) is 16.7. The molecule has 2 bridgehead atoms. The van der Waals surface area contributed by atoms with Crippen molar-refractivity contribution < 1.29 is 5.11 Å². The summed E-state index contributed by atoms with van der Waals surface area (Å²) >= 11 is 1.87. The van der Waals surface area contributed by atoms with Gasteiger partial charge in [0.05, 0.1) is 17.8 Å². The lowest BCUT2D eigenvalue weighted by Gasteiger charge is -2.43. The van der Waals surface area contributed by atoms with Gasteiger partial charge >= 0.3 is 0 Å². The highest BCUT2D eigenvalue weighted by Gasteiger charge is 2.48. The summed E-state index contributed by atoms with van der Waals surface area (Å²) in [6.07, 6.45) is 6.06. The maximum Gasteiger partial charge on any atom is 0.266 e. The number of aromatic nitrogens is 2. The molecule has 5 rings (SSSR count). The molecule has 28 heavy (non-hydrogen) atoms. The molecular formula is C22H29N3O2S. The maximum atomic E-state index is 12.3. The number of fused-ring (bicyclic) bond motifs is 2. The molecule has 6 heteroatoms. The highest BCUT2D eigenvalue weighted by molar-refractivity contribution is 7.12. The third-order valence-corrected chi connectivity index (χ3v) is 7.83. The van der Waals surface area contributed by atoms with Crippen LogP contribution in [0.25, 0.3) is 0 Å². The van der Waals surface area contributed by atoms with Crippen LogP contribution in [0.1, 0.15) is 65.5 Å². The molecule has 5 nitrogen and oxygen atoms in total. The minimum absolute atomic E-state index is 0.100. The molecule has 2 saturated heterocycles. The van der Waals surface area contributed by atoms with Crippen molar-refractivity contribution in [2.24, 2.45) is 0 Å². The van der Waals surface area contributed by atoms with Crippen LogP contribution in [0.3, 0.4) is 0 Å². The first-order valence-corrected chi connectivity index (χ1v) is 11.3. The van der Waals surface area contributed by atoms with E-state index in [1.807, 2.05) is 17.4 Å². The van der Waals surface area contributed by atoms with Gasteiger partial charge in [-0.1, -0.05) is 0 Å². The molecule has 2 aliphatic heterocycles. The smallest absolute Gasteiger partial charge is 0.266 e. The molecule has 1 aliphatic carbocycles. The van der Waals surface area contributed by atoms with Crippen molar-refractivity contribution in [1.82, 2.24) is 14.7 Å². The number of piperidine rings is 1. The van der Waals surface area contributed by atoms with E-state index in [1.165, 1.54) is 20.0 Å². The Labute approximate surface area is 170 Å². The Morgan fingerprint density at radius 2 is 1.89 bits per heavy atom. The molecule has 1 N–H and O–H groups in total. The van der Waals surface area contributed by atoms with E-state index in [0.29, 0.717) is 24.5 Å². The molecule has 1 saturated carbocycles. The predicted octanol–water partition coefficient (Wildman–Crippen LogP) is 3.36. The molecule has 3 aliphatic rings. The second-order valence-electron chi connectivity index (χ2n) is 9.16. The van der Waals surface area contributed by atoms with E-state index in [9.17, 15) is 9.90 Å². The average Bonchev–Trinajstić information content (AvgIpc) is 3.38. The minimum Gasteiger partial charge on any atom is -0.388 e. The van der Waals surface area contributed by atoms with E-state index in [0.717, 1.165) is 50.8 Å². The SMILES string of the molecule is Cc1cc(CN2[C@@H]3CC[C@H]2CC(O)(Cn2nc(C4CC4)ccc2=O)C3)c(C)s1. The van der Waals surface area contributed by atoms with Gasteiger partial charge in [0.1, 0.15) is 0 Å². The van der Waals surface area contributed by atoms with Crippen LogP contribution in [-0.4, -0.2) is 37.5 Å². The van der Waals surface area contributed by atoms with Gasteiger partial charge < -0.3 is 5.11 Å². The van der Waals surface area contributed by atoms with Crippen LogP contribution < -0.4 is 5.56 Å². The lowest BCUT2D eigenvalue weighted by atomic mass is 9.85. The number of rotatable bonds is 5. The lowest BCUT2D eigenvalue weighted by Crippen LogP contribution is -2.53. The Bertz CT molecular complexity index is 931. The zero-order chi connectivity index (χ0) is 19.5. The Morgan fingerprint density at radius 3 is 2.50 bits per heavy atom. The summed E-state index contributed by atoms with van der Waals surface area (Å²) in [6, 6.07) is 6.58. The van der Waals surface area contributed by atoms with E-state index in [1.54, 1.807) is 6.07 Å². The Morgan fingerprint density at radius 1 is 1.18 bits per heavy atom. The molecule has 2 aromatic rings. The van der Waals surface area contributed by atoms with E-state index in [-0.39, 0.29) is 5.56 Å². The molecule has 3 atom stereocenters. The van der Waals surface area contributed by atoms with E-state index in [4.69, 9.17) is 0 Å². The first-order valence-electron chi connectivity index (χ1n) is 10.5. The van der Waals surface area contributed by atoms with Crippen LogP contribution in [-0.2, 0) is 13.1 Å². The van der Waals surface area contributed by atoms with E-state index >= 15 is 0 Å². The largest absolute Gasteiger partial charge is 0.388 e. The first-order chi connectivity index (χ1) is 13.4. The van der Waals surface area contributed by atoms with Gasteiger partial charge in [-0.15, -0.1) is 11.3 Å². The molecule has 0 radical (unpaired) electrons. The van der Waals surface area contributed by atoms with Gasteiger partial charge in [-0.3, -0.25) is 9.69 Å². The normalized spacial score (nSPS) is 30.1. The fraction of sp³-hybridized carbons (Fsp3) is 0.636.